The van der Waals surface area contributed by atoms with Crippen LogP contribution in [-0.4, -0.2) is 63.2 Å². The highest BCUT2D eigenvalue weighted by Crippen LogP contribution is 2.04. The molecule has 0 aliphatic carbocycles. The van der Waals surface area contributed by atoms with Gasteiger partial charge in [-0.2, -0.15) is 0 Å². The summed E-state index contributed by atoms with van der Waals surface area (Å²) in [7, 11) is 0. The first kappa shape index (κ1) is 12.7. The van der Waals surface area contributed by atoms with Crippen LogP contribution in [0.4, 0.5) is 0 Å². The Morgan fingerprint density at radius 1 is 1.00 bits per heavy atom. The van der Waals surface area contributed by atoms with Crippen molar-refractivity contribution in [1.82, 2.24) is 0 Å². The van der Waals surface area contributed by atoms with Crippen molar-refractivity contribution in [2.75, 3.05) is 13.2 Å². The fourth-order valence-electron chi connectivity index (χ4n) is 0.760. The molecule has 80 valence electrons. The van der Waals surface area contributed by atoms with Crippen LogP contribution >= 0.6 is 0 Å². The van der Waals surface area contributed by atoms with E-state index in [1.807, 2.05) is 0 Å². The van der Waals surface area contributed by atoms with Gasteiger partial charge in [0.15, 0.2) is 0 Å². The molecule has 7 N–H and O–H groups in total. The number of aliphatic hydroxyl groups is 5. The van der Waals surface area contributed by atoms with Gasteiger partial charge in [-0.1, -0.05) is 0 Å². The zero-order valence-corrected chi connectivity index (χ0v) is 6.95. The maximum absolute atomic E-state index is 9.11. The van der Waals surface area contributed by atoms with Crippen molar-refractivity contribution >= 4 is 0 Å². The lowest BCUT2D eigenvalue weighted by atomic mass is 10.0. The highest BCUT2D eigenvalue weighted by molar-refractivity contribution is 4.80. The number of hydrogen-bond donors (Lipinski definition) is 6. The Labute approximate surface area is 74.9 Å². The van der Waals surface area contributed by atoms with Crippen LogP contribution in [0.1, 0.15) is 0 Å². The lowest BCUT2D eigenvalue weighted by Gasteiger charge is -2.24. The van der Waals surface area contributed by atoms with Gasteiger partial charge in [0.25, 0.3) is 0 Å². The van der Waals surface area contributed by atoms with E-state index in [0.29, 0.717) is 0 Å². The van der Waals surface area contributed by atoms with E-state index >= 15 is 0 Å². The maximum atomic E-state index is 9.11. The van der Waals surface area contributed by atoms with Crippen LogP contribution in [0.5, 0.6) is 0 Å². The van der Waals surface area contributed by atoms with Gasteiger partial charge in [-0.25, -0.2) is 5.90 Å². The Morgan fingerprint density at radius 2 is 1.46 bits per heavy atom. The average molecular weight is 197 g/mol. The Balaban J connectivity index is 3.99. The molecule has 0 spiro atoms. The smallest absolute Gasteiger partial charge is 0.111 e. The van der Waals surface area contributed by atoms with Gasteiger partial charge in [0.2, 0.25) is 0 Å². The second-order valence-electron chi connectivity index (χ2n) is 2.63. The summed E-state index contributed by atoms with van der Waals surface area (Å²) < 4.78 is 0. The normalized spacial score (nSPS) is 20.8. The highest BCUT2D eigenvalue weighted by atomic mass is 16.6. The van der Waals surface area contributed by atoms with Gasteiger partial charge in [0.1, 0.15) is 24.4 Å². The third kappa shape index (κ3) is 3.96. The molecule has 7 heteroatoms. The van der Waals surface area contributed by atoms with E-state index in [1.54, 1.807) is 0 Å². The molecule has 0 saturated heterocycles. The molecule has 4 atom stereocenters. The molecule has 7 nitrogen and oxygen atoms in total. The minimum atomic E-state index is -1.64. The molecule has 0 rings (SSSR count). The molecule has 0 aliphatic rings. The maximum Gasteiger partial charge on any atom is 0.111 e. The largest absolute Gasteiger partial charge is 0.394 e. The summed E-state index contributed by atoms with van der Waals surface area (Å²) in [6.45, 7) is -1.09. The van der Waals surface area contributed by atoms with Crippen molar-refractivity contribution in [3.05, 3.63) is 0 Å². The van der Waals surface area contributed by atoms with Gasteiger partial charge in [-0.3, -0.25) is 0 Å². The van der Waals surface area contributed by atoms with Crippen LogP contribution in [0.2, 0.25) is 0 Å². The number of aliphatic hydroxyl groups excluding tert-OH is 5. The molecular formula is C6H15NO6. The van der Waals surface area contributed by atoms with Crippen molar-refractivity contribution in [1.29, 1.82) is 0 Å². The molecule has 13 heavy (non-hydrogen) atoms. The highest BCUT2D eigenvalue weighted by Gasteiger charge is 2.29. The minimum Gasteiger partial charge on any atom is -0.394 e. The van der Waals surface area contributed by atoms with Crippen LogP contribution < -0.4 is 5.90 Å². The lowest BCUT2D eigenvalue weighted by Crippen LogP contribution is -2.47. The number of nitrogens with two attached hydrogens (primary N) is 1. The summed E-state index contributed by atoms with van der Waals surface area (Å²) in [5.74, 6) is 4.61. The second-order valence-corrected chi connectivity index (χ2v) is 2.63. The van der Waals surface area contributed by atoms with Gasteiger partial charge in [0, 0.05) is 0 Å². The summed E-state index contributed by atoms with van der Waals surface area (Å²) in [5.41, 5.74) is 0. The molecule has 0 radical (unpaired) electrons. The topological polar surface area (TPSA) is 136 Å². The Kier molecular flexibility index (Phi) is 6.08. The van der Waals surface area contributed by atoms with Crippen LogP contribution in [0, 0.1) is 0 Å². The lowest BCUT2D eigenvalue weighted by molar-refractivity contribution is -0.129. The van der Waals surface area contributed by atoms with Crippen molar-refractivity contribution in [2.45, 2.75) is 24.4 Å². The van der Waals surface area contributed by atoms with E-state index < -0.39 is 31.0 Å². The van der Waals surface area contributed by atoms with E-state index in [4.69, 9.17) is 25.5 Å². The van der Waals surface area contributed by atoms with Crippen LogP contribution in [0.3, 0.4) is 0 Å². The van der Waals surface area contributed by atoms with Gasteiger partial charge >= 0.3 is 0 Å². The van der Waals surface area contributed by atoms with E-state index in [2.05, 4.69) is 10.7 Å². The van der Waals surface area contributed by atoms with E-state index in [-0.39, 0.29) is 6.61 Å². The van der Waals surface area contributed by atoms with E-state index in [1.165, 1.54) is 0 Å². The van der Waals surface area contributed by atoms with Crippen molar-refractivity contribution in [3.63, 3.8) is 0 Å². The molecule has 0 saturated carbocycles. The molecule has 0 amide bonds. The van der Waals surface area contributed by atoms with Crippen molar-refractivity contribution in [3.8, 4) is 0 Å². The van der Waals surface area contributed by atoms with Gasteiger partial charge in [-0.15, -0.1) is 0 Å². The van der Waals surface area contributed by atoms with Crippen LogP contribution in [0.15, 0.2) is 0 Å². The first-order chi connectivity index (χ1) is 6.04. The standard InChI is InChI=1S/C6H15NO6/c7-13-2-4(10)6(12)5(11)3(9)1-8/h3-6,8-12H,1-2,7H2. The monoisotopic (exact) mass is 197 g/mol. The predicted octanol–water partition coefficient (Wildman–Crippen LogP) is -3.69. The second kappa shape index (κ2) is 6.22. The number of rotatable bonds is 6. The average Bonchev–Trinajstić information content (AvgIpc) is 2.14. The molecule has 4 unspecified atom stereocenters. The van der Waals surface area contributed by atoms with Gasteiger partial charge < -0.3 is 30.4 Å². The molecule has 0 aromatic rings. The first-order valence-electron chi connectivity index (χ1n) is 3.69. The SMILES string of the molecule is NOCC(O)C(O)C(O)C(O)CO. The van der Waals surface area contributed by atoms with Crippen molar-refractivity contribution < 1.29 is 30.4 Å². The molecule has 0 heterocycles. The Bertz CT molecular complexity index is 134. The fourth-order valence-corrected chi connectivity index (χ4v) is 0.760. The molecule has 0 aromatic carbocycles. The zero-order chi connectivity index (χ0) is 10.4. The Morgan fingerprint density at radius 3 is 1.85 bits per heavy atom. The van der Waals surface area contributed by atoms with Crippen molar-refractivity contribution in [2.24, 2.45) is 5.90 Å². The van der Waals surface area contributed by atoms with Gasteiger partial charge in [0.05, 0.1) is 13.2 Å². The molecular weight excluding hydrogens is 182 g/mol. The van der Waals surface area contributed by atoms with Crippen LogP contribution in [0.25, 0.3) is 0 Å². The summed E-state index contributed by atoms with van der Waals surface area (Å²) >= 11 is 0. The third-order valence-corrected chi connectivity index (χ3v) is 1.59. The Hall–Kier alpha value is -0.280. The number of hydrogen-bond acceptors (Lipinski definition) is 7. The molecule has 0 fully saturated rings. The summed E-state index contributed by atoms with van der Waals surface area (Å²) in [6, 6.07) is 0. The van der Waals surface area contributed by atoms with E-state index in [9.17, 15) is 0 Å². The fraction of sp³-hybridized carbons (Fsp3) is 1.00. The summed E-state index contributed by atoms with van der Waals surface area (Å²) in [4.78, 5) is 4.02. The molecule has 0 aliphatic heterocycles. The van der Waals surface area contributed by atoms with E-state index in [0.717, 1.165) is 0 Å². The van der Waals surface area contributed by atoms with Gasteiger partial charge in [-0.05, 0) is 0 Å². The third-order valence-electron chi connectivity index (χ3n) is 1.59. The predicted molar refractivity (Wildman–Crippen MR) is 41.3 cm³/mol. The summed E-state index contributed by atoms with van der Waals surface area (Å²) in [6.07, 6.45) is -6.19. The minimum absolute atomic E-state index is 0.379. The molecule has 0 bridgehead atoms. The van der Waals surface area contributed by atoms with Crippen LogP contribution in [-0.2, 0) is 4.84 Å². The zero-order valence-electron chi connectivity index (χ0n) is 6.95. The quantitative estimate of drug-likeness (QED) is 0.241. The molecule has 0 aromatic heterocycles. The first-order valence-corrected chi connectivity index (χ1v) is 3.69. The summed E-state index contributed by atoms with van der Waals surface area (Å²) in [5, 5.41) is 44.5.